The zero-order chi connectivity index (χ0) is 20.7. The van der Waals surface area contributed by atoms with Gasteiger partial charge in [0.05, 0.1) is 29.0 Å². The molecule has 30 heavy (non-hydrogen) atoms. The second-order valence-electron chi connectivity index (χ2n) is 7.95. The number of fused-ring (bicyclic) bond motifs is 2. The van der Waals surface area contributed by atoms with Crippen LogP contribution >= 0.6 is 0 Å². The van der Waals surface area contributed by atoms with Gasteiger partial charge in [0, 0.05) is 49.2 Å². The van der Waals surface area contributed by atoms with Gasteiger partial charge in [-0.1, -0.05) is 24.3 Å². The van der Waals surface area contributed by atoms with E-state index in [4.69, 9.17) is 0 Å². The maximum Gasteiger partial charge on any atom is 0.258 e. The van der Waals surface area contributed by atoms with Gasteiger partial charge in [-0.2, -0.15) is 0 Å². The zero-order valence-electron chi connectivity index (χ0n) is 16.5. The number of carbonyl (C=O) groups excluding carboxylic acids is 1. The predicted molar refractivity (Wildman–Crippen MR) is 111 cm³/mol. The summed E-state index contributed by atoms with van der Waals surface area (Å²) in [6, 6.07) is 13.8. The molecule has 1 unspecified atom stereocenters. The fourth-order valence-electron chi connectivity index (χ4n) is 4.41. The summed E-state index contributed by atoms with van der Waals surface area (Å²) in [4.78, 5) is 25.9. The van der Waals surface area contributed by atoms with Crippen molar-refractivity contribution < 1.29 is 13.6 Å². The first kappa shape index (κ1) is 18.9. The van der Waals surface area contributed by atoms with Crippen LogP contribution in [0.15, 0.2) is 48.7 Å². The van der Waals surface area contributed by atoms with E-state index in [1.54, 1.807) is 17.2 Å². The maximum absolute atomic E-state index is 13.1. The van der Waals surface area contributed by atoms with Gasteiger partial charge in [0.1, 0.15) is 0 Å². The Bertz CT molecular complexity index is 1100. The third-order valence-electron chi connectivity index (χ3n) is 6.06. The van der Waals surface area contributed by atoms with E-state index in [2.05, 4.69) is 9.97 Å². The molecule has 0 spiro atoms. The topological polar surface area (TPSA) is 49.3 Å². The van der Waals surface area contributed by atoms with Gasteiger partial charge in [-0.25, -0.2) is 8.78 Å². The van der Waals surface area contributed by atoms with E-state index >= 15 is 0 Å². The Labute approximate surface area is 173 Å². The molecule has 0 radical (unpaired) electrons. The number of carbonyl (C=O) groups is 1. The summed E-state index contributed by atoms with van der Waals surface area (Å²) >= 11 is 0. The van der Waals surface area contributed by atoms with E-state index in [0.29, 0.717) is 38.0 Å². The summed E-state index contributed by atoms with van der Waals surface area (Å²) in [5.41, 5.74) is 3.91. The first-order chi connectivity index (χ1) is 14.6. The van der Waals surface area contributed by atoms with Crippen molar-refractivity contribution in [2.45, 2.75) is 25.8 Å². The number of hydrogen-bond acceptors (Lipinski definition) is 4. The Morgan fingerprint density at radius 3 is 2.83 bits per heavy atom. The number of pyridine rings is 2. The van der Waals surface area contributed by atoms with Crippen molar-refractivity contribution in [2.24, 2.45) is 5.92 Å². The highest BCUT2D eigenvalue weighted by Crippen LogP contribution is 2.34. The average molecular weight is 408 g/mol. The number of alkyl halides is 2. The summed E-state index contributed by atoms with van der Waals surface area (Å²) in [6.45, 7) is 1.81. The summed E-state index contributed by atoms with van der Waals surface area (Å²) < 4.78 is 26.2. The summed E-state index contributed by atoms with van der Waals surface area (Å²) in [5, 5.41) is 1.09. The number of halogens is 2. The quantitative estimate of drug-likeness (QED) is 0.642. The Balaban J connectivity index is 1.31. The molecule has 1 amide bonds. The smallest absolute Gasteiger partial charge is 0.258 e. The van der Waals surface area contributed by atoms with Crippen molar-refractivity contribution >= 4 is 22.5 Å². The van der Waals surface area contributed by atoms with Crippen LogP contribution in [-0.2, 0) is 13.0 Å². The third-order valence-corrected chi connectivity index (χ3v) is 6.06. The minimum absolute atomic E-state index is 0.0746. The number of para-hydroxylation sites is 1. The molecule has 4 heterocycles. The fourth-order valence-corrected chi connectivity index (χ4v) is 4.41. The lowest BCUT2D eigenvalue weighted by Crippen LogP contribution is -2.28. The molecule has 1 aromatic carbocycles. The molecule has 5 rings (SSSR count). The Morgan fingerprint density at radius 2 is 2.00 bits per heavy atom. The second kappa shape index (κ2) is 7.63. The van der Waals surface area contributed by atoms with Crippen molar-refractivity contribution in [3.05, 3.63) is 65.6 Å². The van der Waals surface area contributed by atoms with Crippen molar-refractivity contribution in [1.29, 1.82) is 0 Å². The van der Waals surface area contributed by atoms with Gasteiger partial charge in [0.15, 0.2) is 0 Å². The predicted octanol–water partition coefficient (Wildman–Crippen LogP) is 3.92. The zero-order valence-corrected chi connectivity index (χ0v) is 16.5. The lowest BCUT2D eigenvalue weighted by molar-refractivity contribution is 0.0780. The molecule has 0 aliphatic carbocycles. The average Bonchev–Trinajstić information content (AvgIpc) is 3.38. The molecule has 1 saturated heterocycles. The van der Waals surface area contributed by atoms with Crippen LogP contribution in [-0.4, -0.2) is 46.8 Å². The van der Waals surface area contributed by atoms with Gasteiger partial charge >= 0.3 is 0 Å². The number of rotatable bonds is 5. The van der Waals surface area contributed by atoms with E-state index in [-0.39, 0.29) is 12.5 Å². The monoisotopic (exact) mass is 408 g/mol. The molecule has 5 nitrogen and oxygen atoms in total. The Hall–Kier alpha value is -3.09. The van der Waals surface area contributed by atoms with Crippen LogP contribution in [0.25, 0.3) is 10.9 Å². The summed E-state index contributed by atoms with van der Waals surface area (Å²) in [5.74, 6) is -0.713. The highest BCUT2D eigenvalue weighted by molar-refractivity contribution is 6.03. The molecule has 0 bridgehead atoms. The Kier molecular flexibility index (Phi) is 4.81. The van der Waals surface area contributed by atoms with Crippen LogP contribution in [0.5, 0.6) is 0 Å². The van der Waals surface area contributed by atoms with Gasteiger partial charge < -0.3 is 9.80 Å². The van der Waals surface area contributed by atoms with Crippen molar-refractivity contribution in [3.63, 3.8) is 0 Å². The molecule has 2 aliphatic heterocycles. The molecular formula is C23H22F2N4O. The van der Waals surface area contributed by atoms with Crippen molar-refractivity contribution in [2.75, 3.05) is 24.5 Å². The van der Waals surface area contributed by atoms with E-state index in [1.165, 1.54) is 0 Å². The largest absolute Gasteiger partial charge is 0.370 e. The minimum Gasteiger partial charge on any atom is -0.370 e. The molecule has 154 valence electrons. The van der Waals surface area contributed by atoms with Gasteiger partial charge in [-0.3, -0.25) is 14.8 Å². The SMILES string of the molecule is O=C1c2c(N3CCC(C(F)F)C3)ccnc2CN1CCc1ccc2ccccc2n1. The number of hydrogen-bond donors (Lipinski definition) is 0. The number of amides is 1. The maximum atomic E-state index is 13.1. The molecule has 1 atom stereocenters. The van der Waals surface area contributed by atoms with E-state index in [1.807, 2.05) is 41.3 Å². The number of nitrogens with zero attached hydrogens (tertiary/aromatic N) is 4. The van der Waals surface area contributed by atoms with Crippen LogP contribution in [0, 0.1) is 5.92 Å². The molecule has 3 aromatic rings. The molecule has 2 aromatic heterocycles. The van der Waals surface area contributed by atoms with Gasteiger partial charge in [-0.15, -0.1) is 0 Å². The van der Waals surface area contributed by atoms with Crippen molar-refractivity contribution in [1.82, 2.24) is 14.9 Å². The minimum atomic E-state index is -2.33. The van der Waals surface area contributed by atoms with E-state index in [0.717, 1.165) is 28.0 Å². The molecule has 7 heteroatoms. The standard InChI is InChI=1S/C23H22F2N4O/c24-22(25)16-8-11-28(13-16)20-7-10-26-19-14-29(23(30)21(19)20)12-9-17-6-5-15-3-1-2-4-18(15)27-17/h1-7,10,16,22H,8-9,11-14H2. The summed E-state index contributed by atoms with van der Waals surface area (Å²) in [6.07, 6.45) is 0.439. The number of benzene rings is 1. The van der Waals surface area contributed by atoms with Gasteiger partial charge in [-0.05, 0) is 24.6 Å². The Morgan fingerprint density at radius 1 is 1.13 bits per heavy atom. The summed E-state index contributed by atoms with van der Waals surface area (Å²) in [7, 11) is 0. The highest BCUT2D eigenvalue weighted by atomic mass is 19.3. The lowest BCUT2D eigenvalue weighted by Gasteiger charge is -2.21. The van der Waals surface area contributed by atoms with Gasteiger partial charge in [0.2, 0.25) is 6.43 Å². The van der Waals surface area contributed by atoms with Crippen molar-refractivity contribution in [3.8, 4) is 0 Å². The van der Waals surface area contributed by atoms with Crippen LogP contribution in [0.1, 0.15) is 28.2 Å². The molecule has 0 N–H and O–H groups in total. The van der Waals surface area contributed by atoms with Crippen LogP contribution in [0.2, 0.25) is 0 Å². The van der Waals surface area contributed by atoms with Crippen LogP contribution in [0.4, 0.5) is 14.5 Å². The van der Waals surface area contributed by atoms with Crippen LogP contribution in [0.3, 0.4) is 0 Å². The van der Waals surface area contributed by atoms with Crippen LogP contribution < -0.4 is 4.90 Å². The first-order valence-corrected chi connectivity index (χ1v) is 10.2. The lowest BCUT2D eigenvalue weighted by atomic mass is 10.1. The molecule has 0 saturated carbocycles. The number of anilines is 1. The van der Waals surface area contributed by atoms with Gasteiger partial charge in [0.25, 0.3) is 5.91 Å². The third kappa shape index (κ3) is 3.38. The normalized spacial score (nSPS) is 18.6. The highest BCUT2D eigenvalue weighted by Gasteiger charge is 2.36. The second-order valence-corrected chi connectivity index (χ2v) is 7.95. The van der Waals surface area contributed by atoms with E-state index < -0.39 is 12.3 Å². The first-order valence-electron chi connectivity index (χ1n) is 10.2. The molecule has 2 aliphatic rings. The number of aromatic nitrogens is 2. The molecular weight excluding hydrogens is 386 g/mol. The molecule has 1 fully saturated rings. The van der Waals surface area contributed by atoms with E-state index in [9.17, 15) is 13.6 Å². The fraction of sp³-hybridized carbons (Fsp3) is 0.348.